The van der Waals surface area contributed by atoms with Crippen LogP contribution in [0.1, 0.15) is 27.7 Å². The molecule has 0 saturated carbocycles. The SMILES string of the molecule is CC(C)COCN1CCN(COCC(C)C)C1=O. The molecule has 0 aromatic carbocycles. The second kappa shape index (κ2) is 7.59. The first-order valence-corrected chi connectivity index (χ1v) is 6.70. The van der Waals surface area contributed by atoms with Gasteiger partial charge in [0.15, 0.2) is 0 Å². The molecule has 0 aliphatic carbocycles. The molecule has 5 nitrogen and oxygen atoms in total. The third-order valence-corrected chi connectivity index (χ3v) is 2.58. The Morgan fingerprint density at radius 3 is 1.67 bits per heavy atom. The molecule has 0 aromatic heterocycles. The molecule has 0 N–H and O–H groups in total. The number of amides is 2. The Hall–Kier alpha value is -0.810. The fourth-order valence-corrected chi connectivity index (χ4v) is 1.67. The summed E-state index contributed by atoms with van der Waals surface area (Å²) in [4.78, 5) is 15.4. The van der Waals surface area contributed by atoms with Gasteiger partial charge in [0.2, 0.25) is 0 Å². The summed E-state index contributed by atoms with van der Waals surface area (Å²) in [5, 5.41) is 0. The normalized spacial score (nSPS) is 16.4. The molecule has 1 aliphatic heterocycles. The molecule has 1 aliphatic rings. The van der Waals surface area contributed by atoms with Crippen LogP contribution in [0.5, 0.6) is 0 Å². The third kappa shape index (κ3) is 5.23. The number of carbonyl (C=O) groups is 1. The van der Waals surface area contributed by atoms with E-state index in [4.69, 9.17) is 9.47 Å². The maximum atomic E-state index is 11.9. The number of urea groups is 1. The first-order valence-electron chi connectivity index (χ1n) is 6.70. The van der Waals surface area contributed by atoms with Gasteiger partial charge in [-0.25, -0.2) is 4.79 Å². The zero-order valence-corrected chi connectivity index (χ0v) is 12.0. The molecule has 1 heterocycles. The van der Waals surface area contributed by atoms with Crippen molar-refractivity contribution in [1.29, 1.82) is 0 Å². The molecule has 1 fully saturated rings. The van der Waals surface area contributed by atoms with Crippen LogP contribution in [0.2, 0.25) is 0 Å². The van der Waals surface area contributed by atoms with Crippen molar-refractivity contribution in [2.45, 2.75) is 27.7 Å². The highest BCUT2D eigenvalue weighted by molar-refractivity contribution is 5.76. The zero-order chi connectivity index (χ0) is 13.5. The Labute approximate surface area is 110 Å². The van der Waals surface area contributed by atoms with E-state index in [-0.39, 0.29) is 6.03 Å². The molecule has 0 radical (unpaired) electrons. The maximum Gasteiger partial charge on any atom is 0.323 e. The van der Waals surface area contributed by atoms with E-state index in [1.165, 1.54) is 0 Å². The molecule has 0 bridgehead atoms. The molecule has 106 valence electrons. The average molecular weight is 258 g/mol. The Balaban J connectivity index is 2.20. The lowest BCUT2D eigenvalue weighted by Crippen LogP contribution is -2.35. The summed E-state index contributed by atoms with van der Waals surface area (Å²) in [5.74, 6) is 0.987. The van der Waals surface area contributed by atoms with Gasteiger partial charge in [0, 0.05) is 13.1 Å². The molecule has 2 amide bonds. The second-order valence-electron chi connectivity index (χ2n) is 5.60. The van der Waals surface area contributed by atoms with E-state index >= 15 is 0 Å². The van der Waals surface area contributed by atoms with Crippen molar-refractivity contribution >= 4 is 6.03 Å². The van der Waals surface area contributed by atoms with Gasteiger partial charge in [-0.05, 0) is 11.8 Å². The van der Waals surface area contributed by atoms with Gasteiger partial charge >= 0.3 is 6.03 Å². The van der Waals surface area contributed by atoms with E-state index in [2.05, 4.69) is 27.7 Å². The molecule has 0 spiro atoms. The van der Waals surface area contributed by atoms with Gasteiger partial charge in [0.1, 0.15) is 13.5 Å². The Bertz CT molecular complexity index is 233. The molecule has 1 rings (SSSR count). The first-order chi connectivity index (χ1) is 8.50. The van der Waals surface area contributed by atoms with Gasteiger partial charge in [-0.1, -0.05) is 27.7 Å². The lowest BCUT2D eigenvalue weighted by molar-refractivity contribution is 0.0273. The largest absolute Gasteiger partial charge is 0.361 e. The maximum absolute atomic E-state index is 11.9. The summed E-state index contributed by atoms with van der Waals surface area (Å²) in [6.07, 6.45) is 0. The molecule has 0 unspecified atom stereocenters. The van der Waals surface area contributed by atoms with Crippen LogP contribution in [0, 0.1) is 11.8 Å². The van der Waals surface area contributed by atoms with Crippen LogP contribution in [-0.2, 0) is 9.47 Å². The molecule has 0 aromatic rings. The molecule has 0 atom stereocenters. The van der Waals surface area contributed by atoms with Gasteiger partial charge in [-0.15, -0.1) is 0 Å². The summed E-state index contributed by atoms with van der Waals surface area (Å²) in [6.45, 7) is 12.0. The standard InChI is InChI=1S/C13H26N2O3/c1-11(2)7-17-9-14-5-6-15(13(14)16)10-18-8-12(3)4/h11-12H,5-10H2,1-4H3. The zero-order valence-electron chi connectivity index (χ0n) is 12.0. The number of hydrogen-bond acceptors (Lipinski definition) is 3. The number of carbonyl (C=O) groups excluding carboxylic acids is 1. The van der Waals surface area contributed by atoms with Crippen molar-refractivity contribution in [2.24, 2.45) is 11.8 Å². The van der Waals surface area contributed by atoms with Crippen LogP contribution >= 0.6 is 0 Å². The minimum atomic E-state index is 0.0162. The van der Waals surface area contributed by atoms with Crippen LogP contribution in [-0.4, -0.2) is 55.6 Å². The van der Waals surface area contributed by atoms with Crippen molar-refractivity contribution < 1.29 is 14.3 Å². The summed E-state index contributed by atoms with van der Waals surface area (Å²) in [7, 11) is 0. The number of nitrogens with zero attached hydrogens (tertiary/aromatic N) is 2. The van der Waals surface area contributed by atoms with Crippen molar-refractivity contribution in [1.82, 2.24) is 9.80 Å². The fraction of sp³-hybridized carbons (Fsp3) is 0.923. The van der Waals surface area contributed by atoms with Gasteiger partial charge in [0.25, 0.3) is 0 Å². The van der Waals surface area contributed by atoms with Crippen LogP contribution in [0.25, 0.3) is 0 Å². The Kier molecular flexibility index (Phi) is 6.43. The summed E-state index contributed by atoms with van der Waals surface area (Å²) < 4.78 is 11.0. The number of rotatable bonds is 8. The predicted octanol–water partition coefficient (Wildman–Crippen LogP) is 1.98. The van der Waals surface area contributed by atoms with Crippen LogP contribution in [0.3, 0.4) is 0 Å². The number of ether oxygens (including phenoxy) is 2. The number of hydrogen-bond donors (Lipinski definition) is 0. The molecular formula is C13H26N2O3. The highest BCUT2D eigenvalue weighted by atomic mass is 16.5. The molecule has 5 heteroatoms. The third-order valence-electron chi connectivity index (χ3n) is 2.58. The van der Waals surface area contributed by atoms with Crippen LogP contribution in [0.4, 0.5) is 4.79 Å². The van der Waals surface area contributed by atoms with Gasteiger partial charge < -0.3 is 9.47 Å². The summed E-state index contributed by atoms with van der Waals surface area (Å²) in [6, 6.07) is 0.0162. The van der Waals surface area contributed by atoms with E-state index in [1.54, 1.807) is 9.80 Å². The van der Waals surface area contributed by atoms with E-state index < -0.39 is 0 Å². The first kappa shape index (κ1) is 15.2. The van der Waals surface area contributed by atoms with Crippen molar-refractivity contribution in [3.05, 3.63) is 0 Å². The van der Waals surface area contributed by atoms with E-state index in [9.17, 15) is 4.79 Å². The second-order valence-corrected chi connectivity index (χ2v) is 5.60. The topological polar surface area (TPSA) is 42.0 Å². The highest BCUT2D eigenvalue weighted by Gasteiger charge is 2.28. The quantitative estimate of drug-likeness (QED) is 0.668. The summed E-state index contributed by atoms with van der Waals surface area (Å²) in [5.41, 5.74) is 0. The fourth-order valence-electron chi connectivity index (χ4n) is 1.67. The lowest BCUT2D eigenvalue weighted by atomic mass is 10.2. The molecular weight excluding hydrogens is 232 g/mol. The smallest absolute Gasteiger partial charge is 0.323 e. The molecule has 18 heavy (non-hydrogen) atoms. The van der Waals surface area contributed by atoms with E-state index in [0.717, 1.165) is 13.1 Å². The van der Waals surface area contributed by atoms with Crippen molar-refractivity contribution in [3.63, 3.8) is 0 Å². The lowest BCUT2D eigenvalue weighted by Gasteiger charge is -2.19. The Morgan fingerprint density at radius 2 is 1.33 bits per heavy atom. The van der Waals surface area contributed by atoms with Gasteiger partial charge in [-0.2, -0.15) is 0 Å². The predicted molar refractivity (Wildman–Crippen MR) is 70.1 cm³/mol. The van der Waals surface area contributed by atoms with Gasteiger partial charge in [-0.3, -0.25) is 9.80 Å². The monoisotopic (exact) mass is 258 g/mol. The Morgan fingerprint density at radius 1 is 0.944 bits per heavy atom. The van der Waals surface area contributed by atoms with Crippen molar-refractivity contribution in [3.8, 4) is 0 Å². The molecule has 1 saturated heterocycles. The average Bonchev–Trinajstić information content (AvgIpc) is 2.60. The highest BCUT2D eigenvalue weighted by Crippen LogP contribution is 2.09. The van der Waals surface area contributed by atoms with E-state index in [1.807, 2.05) is 0 Å². The van der Waals surface area contributed by atoms with E-state index in [0.29, 0.717) is 38.5 Å². The minimum Gasteiger partial charge on any atom is -0.361 e. The van der Waals surface area contributed by atoms with Crippen LogP contribution < -0.4 is 0 Å². The summed E-state index contributed by atoms with van der Waals surface area (Å²) >= 11 is 0. The minimum absolute atomic E-state index is 0.0162. The van der Waals surface area contributed by atoms with Crippen LogP contribution in [0.15, 0.2) is 0 Å². The van der Waals surface area contributed by atoms with Gasteiger partial charge in [0.05, 0.1) is 13.2 Å². The van der Waals surface area contributed by atoms with Crippen molar-refractivity contribution in [2.75, 3.05) is 39.8 Å².